The molecule has 2 amide bonds. The maximum absolute atomic E-state index is 12.6. The maximum atomic E-state index is 12.6. The van der Waals surface area contributed by atoms with E-state index in [1.165, 1.54) is 4.90 Å². The summed E-state index contributed by atoms with van der Waals surface area (Å²) in [6.45, 7) is 2.42. The first-order chi connectivity index (χ1) is 13.4. The number of nitrogens with zero attached hydrogens (tertiary/aromatic N) is 1. The number of rotatable bonds is 6. The Labute approximate surface area is 184 Å². The fraction of sp³-hybridized carbons (Fsp3) is 0.200. The lowest BCUT2D eigenvalue weighted by Gasteiger charge is -2.13. The van der Waals surface area contributed by atoms with Crippen molar-refractivity contribution in [1.29, 1.82) is 0 Å². The molecule has 1 heterocycles. The topological polar surface area (TPSA) is 55.8 Å². The number of thioether (sulfide) groups is 1. The summed E-state index contributed by atoms with van der Waals surface area (Å²) in [4.78, 5) is 26.5. The number of amides is 2. The molecule has 0 aromatic heterocycles. The minimum absolute atomic E-state index is 0.200. The predicted molar refractivity (Wildman–Crippen MR) is 118 cm³/mol. The van der Waals surface area contributed by atoms with Gasteiger partial charge in [-0.3, -0.25) is 14.5 Å². The van der Waals surface area contributed by atoms with Crippen LogP contribution >= 0.6 is 43.6 Å². The standard InChI is InChI=1S/C20H17Br2NO4S/c1-12-4-3-5-14(8-12)27-7-6-23-19(24)17(28-20(23)25)11-13-9-15(21)18(26-2)16(22)10-13/h3-5,8-11H,6-7H2,1-2H3/b17-11-. The van der Waals surface area contributed by atoms with Crippen LogP contribution in [0.1, 0.15) is 11.1 Å². The summed E-state index contributed by atoms with van der Waals surface area (Å²) >= 11 is 7.80. The quantitative estimate of drug-likeness (QED) is 0.455. The number of hydrogen-bond acceptors (Lipinski definition) is 5. The minimum Gasteiger partial charge on any atom is -0.494 e. The molecule has 0 N–H and O–H groups in total. The van der Waals surface area contributed by atoms with Gasteiger partial charge in [-0.15, -0.1) is 0 Å². The molecule has 0 spiro atoms. The Kier molecular flexibility index (Phi) is 6.85. The van der Waals surface area contributed by atoms with Gasteiger partial charge in [0.15, 0.2) is 0 Å². The van der Waals surface area contributed by atoms with Crippen molar-refractivity contribution in [1.82, 2.24) is 4.90 Å². The second-order valence-corrected chi connectivity index (χ2v) is 8.72. The molecule has 1 aliphatic rings. The summed E-state index contributed by atoms with van der Waals surface area (Å²) in [7, 11) is 1.58. The monoisotopic (exact) mass is 525 g/mol. The van der Waals surface area contributed by atoms with Crippen LogP contribution in [0.2, 0.25) is 0 Å². The smallest absolute Gasteiger partial charge is 0.293 e. The zero-order chi connectivity index (χ0) is 20.3. The van der Waals surface area contributed by atoms with Gasteiger partial charge >= 0.3 is 0 Å². The Morgan fingerprint density at radius 1 is 1.14 bits per heavy atom. The number of halogens is 2. The highest BCUT2D eigenvalue weighted by molar-refractivity contribution is 9.11. The number of methoxy groups -OCH3 is 1. The number of imide groups is 1. The molecule has 0 unspecified atom stereocenters. The van der Waals surface area contributed by atoms with E-state index in [9.17, 15) is 9.59 Å². The van der Waals surface area contributed by atoms with Crippen molar-refractivity contribution in [3.63, 3.8) is 0 Å². The highest BCUT2D eigenvalue weighted by Gasteiger charge is 2.34. The fourth-order valence-corrected chi connectivity index (χ4v) is 5.07. The Balaban J connectivity index is 1.68. The van der Waals surface area contributed by atoms with E-state index in [2.05, 4.69) is 31.9 Å². The molecule has 146 valence electrons. The van der Waals surface area contributed by atoms with Crippen molar-refractivity contribution in [3.8, 4) is 11.5 Å². The largest absolute Gasteiger partial charge is 0.494 e. The molecule has 0 saturated carbocycles. The van der Waals surface area contributed by atoms with E-state index in [1.807, 2.05) is 43.3 Å². The van der Waals surface area contributed by atoms with Gasteiger partial charge in [-0.25, -0.2) is 0 Å². The predicted octanol–water partition coefficient (Wildman–Crippen LogP) is 5.64. The Bertz CT molecular complexity index is 938. The minimum atomic E-state index is -0.314. The van der Waals surface area contributed by atoms with Crippen LogP contribution in [0.3, 0.4) is 0 Å². The summed E-state index contributed by atoms with van der Waals surface area (Å²) in [6, 6.07) is 11.3. The third-order valence-corrected chi connectivity index (χ3v) is 6.05. The number of carbonyl (C=O) groups is 2. The molecule has 1 fully saturated rings. The molecule has 0 bridgehead atoms. The zero-order valence-corrected chi connectivity index (χ0v) is 19.2. The van der Waals surface area contributed by atoms with Gasteiger partial charge in [-0.2, -0.15) is 0 Å². The summed E-state index contributed by atoms with van der Waals surface area (Å²) in [5.74, 6) is 1.07. The summed E-state index contributed by atoms with van der Waals surface area (Å²) in [5.41, 5.74) is 1.87. The molecule has 0 atom stereocenters. The van der Waals surface area contributed by atoms with Crippen LogP contribution in [0.15, 0.2) is 50.2 Å². The van der Waals surface area contributed by atoms with Crippen LogP contribution in [-0.4, -0.2) is 36.3 Å². The molecule has 0 radical (unpaired) electrons. The average Bonchev–Trinajstić information content (AvgIpc) is 2.89. The second-order valence-electron chi connectivity index (χ2n) is 6.02. The van der Waals surface area contributed by atoms with Crippen LogP contribution in [0.25, 0.3) is 6.08 Å². The van der Waals surface area contributed by atoms with Crippen molar-refractivity contribution < 1.29 is 19.1 Å². The lowest BCUT2D eigenvalue weighted by molar-refractivity contribution is -0.123. The first kappa shape index (κ1) is 21.0. The highest BCUT2D eigenvalue weighted by Crippen LogP contribution is 2.37. The normalized spacial score (nSPS) is 15.4. The summed E-state index contributed by atoms with van der Waals surface area (Å²) in [6.07, 6.45) is 1.70. The van der Waals surface area contributed by atoms with E-state index >= 15 is 0 Å². The third-order valence-electron chi connectivity index (χ3n) is 3.97. The molecule has 2 aromatic rings. The van der Waals surface area contributed by atoms with Crippen LogP contribution in [0.4, 0.5) is 4.79 Å². The zero-order valence-electron chi connectivity index (χ0n) is 15.2. The Morgan fingerprint density at radius 3 is 2.50 bits per heavy atom. The first-order valence-corrected chi connectivity index (χ1v) is 10.8. The third kappa shape index (κ3) is 4.79. The van der Waals surface area contributed by atoms with Gasteiger partial charge in [-0.1, -0.05) is 12.1 Å². The molecule has 3 rings (SSSR count). The molecule has 1 saturated heterocycles. The molecule has 28 heavy (non-hydrogen) atoms. The van der Waals surface area contributed by atoms with Crippen LogP contribution in [-0.2, 0) is 4.79 Å². The molecular weight excluding hydrogens is 510 g/mol. The van der Waals surface area contributed by atoms with Gasteiger partial charge in [0.05, 0.1) is 27.5 Å². The van der Waals surface area contributed by atoms with E-state index in [-0.39, 0.29) is 24.3 Å². The van der Waals surface area contributed by atoms with E-state index in [0.717, 1.165) is 37.6 Å². The molecule has 5 nitrogen and oxygen atoms in total. The van der Waals surface area contributed by atoms with Crippen molar-refractivity contribution in [2.45, 2.75) is 6.92 Å². The number of benzene rings is 2. The maximum Gasteiger partial charge on any atom is 0.293 e. The molecule has 1 aliphatic heterocycles. The molecule has 8 heteroatoms. The number of ether oxygens (including phenoxy) is 2. The number of aryl methyl sites for hydroxylation is 1. The van der Waals surface area contributed by atoms with Gasteiger partial charge in [0.2, 0.25) is 0 Å². The molecule has 2 aromatic carbocycles. The summed E-state index contributed by atoms with van der Waals surface area (Å²) < 4.78 is 12.4. The molecular formula is C20H17Br2NO4S. The van der Waals surface area contributed by atoms with E-state index < -0.39 is 0 Å². The average molecular weight is 527 g/mol. The van der Waals surface area contributed by atoms with Gasteiger partial charge in [-0.05, 0) is 92.0 Å². The van der Waals surface area contributed by atoms with Crippen molar-refractivity contribution in [3.05, 3.63) is 61.4 Å². The van der Waals surface area contributed by atoms with Gasteiger partial charge in [0.25, 0.3) is 11.1 Å². The van der Waals surface area contributed by atoms with E-state index in [4.69, 9.17) is 9.47 Å². The van der Waals surface area contributed by atoms with Crippen LogP contribution in [0, 0.1) is 6.92 Å². The van der Waals surface area contributed by atoms with Crippen LogP contribution in [0.5, 0.6) is 11.5 Å². The lowest BCUT2D eigenvalue weighted by Crippen LogP contribution is -2.32. The molecule has 0 aliphatic carbocycles. The van der Waals surface area contributed by atoms with Gasteiger partial charge < -0.3 is 9.47 Å². The Hall–Kier alpha value is -1.77. The SMILES string of the molecule is COc1c(Br)cc(/C=C2\SC(=O)N(CCOc3cccc(C)c3)C2=O)cc1Br. The van der Waals surface area contributed by atoms with E-state index in [0.29, 0.717) is 10.7 Å². The number of carbonyl (C=O) groups excluding carboxylic acids is 2. The fourth-order valence-electron chi connectivity index (χ4n) is 2.66. The lowest BCUT2D eigenvalue weighted by atomic mass is 10.2. The van der Waals surface area contributed by atoms with Crippen LogP contribution < -0.4 is 9.47 Å². The van der Waals surface area contributed by atoms with E-state index in [1.54, 1.807) is 13.2 Å². The van der Waals surface area contributed by atoms with Crippen molar-refractivity contribution >= 4 is 60.8 Å². The second kappa shape index (κ2) is 9.15. The van der Waals surface area contributed by atoms with Gasteiger partial charge in [0.1, 0.15) is 18.1 Å². The van der Waals surface area contributed by atoms with Gasteiger partial charge in [0, 0.05) is 0 Å². The Morgan fingerprint density at radius 2 is 1.86 bits per heavy atom. The summed E-state index contributed by atoms with van der Waals surface area (Å²) in [5, 5.41) is -0.296. The van der Waals surface area contributed by atoms with Crippen molar-refractivity contribution in [2.75, 3.05) is 20.3 Å². The first-order valence-electron chi connectivity index (χ1n) is 8.37. The number of hydrogen-bond donors (Lipinski definition) is 0. The van der Waals surface area contributed by atoms with Crippen molar-refractivity contribution in [2.24, 2.45) is 0 Å². The highest BCUT2D eigenvalue weighted by atomic mass is 79.9.